The quantitative estimate of drug-likeness (QED) is 0.779. The van der Waals surface area contributed by atoms with Gasteiger partial charge in [0.1, 0.15) is 0 Å². The SMILES string of the molecule is CC1CCN(CCN2CCC[C@@H]2CO)CC1. The highest BCUT2D eigenvalue weighted by Gasteiger charge is 2.24. The number of nitrogens with zero attached hydrogens (tertiary/aromatic N) is 2. The van der Waals surface area contributed by atoms with Crippen LogP contribution in [0, 0.1) is 5.92 Å². The third-order valence-corrected chi connectivity index (χ3v) is 4.29. The number of piperidine rings is 1. The summed E-state index contributed by atoms with van der Waals surface area (Å²) in [7, 11) is 0. The number of likely N-dealkylation sites (tertiary alicyclic amines) is 2. The Bertz CT molecular complexity index is 202. The fourth-order valence-corrected chi connectivity index (χ4v) is 2.95. The molecule has 0 bridgehead atoms. The van der Waals surface area contributed by atoms with Gasteiger partial charge < -0.3 is 10.0 Å². The zero-order valence-corrected chi connectivity index (χ0v) is 10.6. The summed E-state index contributed by atoms with van der Waals surface area (Å²) in [5.41, 5.74) is 0. The molecule has 2 aliphatic rings. The normalized spacial score (nSPS) is 30.0. The molecule has 0 aromatic rings. The van der Waals surface area contributed by atoms with E-state index < -0.39 is 0 Å². The van der Waals surface area contributed by atoms with E-state index in [1.54, 1.807) is 0 Å². The molecule has 3 nitrogen and oxygen atoms in total. The molecule has 0 saturated carbocycles. The predicted molar refractivity (Wildman–Crippen MR) is 66.5 cm³/mol. The summed E-state index contributed by atoms with van der Waals surface area (Å²) in [6, 6.07) is 0.448. The lowest BCUT2D eigenvalue weighted by Gasteiger charge is -2.32. The van der Waals surface area contributed by atoms with Gasteiger partial charge in [0, 0.05) is 19.1 Å². The Morgan fingerprint density at radius 2 is 1.81 bits per heavy atom. The van der Waals surface area contributed by atoms with E-state index in [0.717, 1.165) is 12.5 Å². The molecular formula is C13H26N2O. The zero-order valence-electron chi connectivity index (χ0n) is 10.6. The van der Waals surface area contributed by atoms with Crippen molar-refractivity contribution in [2.45, 2.75) is 38.6 Å². The van der Waals surface area contributed by atoms with Crippen LogP contribution in [0.25, 0.3) is 0 Å². The number of hydrogen-bond acceptors (Lipinski definition) is 3. The summed E-state index contributed by atoms with van der Waals surface area (Å²) in [5, 5.41) is 9.25. The van der Waals surface area contributed by atoms with Crippen LogP contribution in [0.2, 0.25) is 0 Å². The van der Waals surface area contributed by atoms with Gasteiger partial charge in [-0.25, -0.2) is 0 Å². The first-order valence-electron chi connectivity index (χ1n) is 6.87. The Hall–Kier alpha value is -0.120. The second-order valence-corrected chi connectivity index (χ2v) is 5.54. The number of rotatable bonds is 4. The molecule has 2 rings (SSSR count). The molecule has 2 fully saturated rings. The Kier molecular flexibility index (Phi) is 4.62. The monoisotopic (exact) mass is 226 g/mol. The van der Waals surface area contributed by atoms with Crippen LogP contribution in [0.4, 0.5) is 0 Å². The van der Waals surface area contributed by atoms with E-state index in [1.165, 1.54) is 51.9 Å². The van der Waals surface area contributed by atoms with E-state index in [9.17, 15) is 5.11 Å². The second kappa shape index (κ2) is 5.99. The van der Waals surface area contributed by atoms with Crippen molar-refractivity contribution < 1.29 is 5.11 Å². The van der Waals surface area contributed by atoms with Gasteiger partial charge in [-0.2, -0.15) is 0 Å². The molecule has 0 spiro atoms. The Labute approximate surface area is 99.4 Å². The molecule has 2 saturated heterocycles. The van der Waals surface area contributed by atoms with Gasteiger partial charge in [0.05, 0.1) is 6.61 Å². The van der Waals surface area contributed by atoms with Crippen molar-refractivity contribution in [1.82, 2.24) is 9.80 Å². The Morgan fingerprint density at radius 1 is 1.06 bits per heavy atom. The average molecular weight is 226 g/mol. The summed E-state index contributed by atoms with van der Waals surface area (Å²) in [6.07, 6.45) is 5.18. The van der Waals surface area contributed by atoms with Crippen LogP contribution in [0.5, 0.6) is 0 Å². The average Bonchev–Trinajstić information content (AvgIpc) is 2.76. The molecule has 2 aliphatic heterocycles. The Morgan fingerprint density at radius 3 is 2.50 bits per heavy atom. The minimum absolute atomic E-state index is 0.344. The van der Waals surface area contributed by atoms with Crippen molar-refractivity contribution in [1.29, 1.82) is 0 Å². The lowest BCUT2D eigenvalue weighted by molar-refractivity contribution is 0.126. The summed E-state index contributed by atoms with van der Waals surface area (Å²) in [5.74, 6) is 0.924. The lowest BCUT2D eigenvalue weighted by Crippen LogP contribution is -2.41. The Balaban J connectivity index is 1.67. The molecule has 1 N–H and O–H groups in total. The fraction of sp³-hybridized carbons (Fsp3) is 1.00. The van der Waals surface area contributed by atoms with Crippen molar-refractivity contribution in [3.05, 3.63) is 0 Å². The third-order valence-electron chi connectivity index (χ3n) is 4.29. The highest BCUT2D eigenvalue weighted by molar-refractivity contribution is 4.79. The number of hydrogen-bond donors (Lipinski definition) is 1. The van der Waals surface area contributed by atoms with Crippen molar-refractivity contribution >= 4 is 0 Å². The molecule has 94 valence electrons. The summed E-state index contributed by atoms with van der Waals surface area (Å²) in [6.45, 7) is 8.80. The minimum Gasteiger partial charge on any atom is -0.395 e. The molecule has 16 heavy (non-hydrogen) atoms. The van der Waals surface area contributed by atoms with Crippen LogP contribution in [0.3, 0.4) is 0 Å². The van der Waals surface area contributed by atoms with Gasteiger partial charge in [-0.3, -0.25) is 4.90 Å². The standard InChI is InChI=1S/C13H26N2O/c1-12-4-7-14(8-5-12)9-10-15-6-2-3-13(15)11-16/h12-13,16H,2-11H2,1H3/t13-/m1/s1. The molecule has 1 atom stereocenters. The molecule has 0 radical (unpaired) electrons. The minimum atomic E-state index is 0.344. The topological polar surface area (TPSA) is 26.7 Å². The van der Waals surface area contributed by atoms with E-state index >= 15 is 0 Å². The summed E-state index contributed by atoms with van der Waals surface area (Å²) in [4.78, 5) is 5.06. The zero-order chi connectivity index (χ0) is 11.4. The highest BCUT2D eigenvalue weighted by Crippen LogP contribution is 2.18. The fourth-order valence-electron chi connectivity index (χ4n) is 2.95. The third kappa shape index (κ3) is 3.19. The van der Waals surface area contributed by atoms with E-state index in [4.69, 9.17) is 0 Å². The molecule has 0 amide bonds. The van der Waals surface area contributed by atoms with Crippen molar-refractivity contribution in [3.8, 4) is 0 Å². The summed E-state index contributed by atoms with van der Waals surface area (Å²) >= 11 is 0. The van der Waals surface area contributed by atoms with Crippen LogP contribution in [-0.4, -0.2) is 60.3 Å². The molecule has 0 unspecified atom stereocenters. The molecule has 0 aliphatic carbocycles. The largest absolute Gasteiger partial charge is 0.395 e. The lowest BCUT2D eigenvalue weighted by atomic mass is 9.99. The molecule has 0 aromatic heterocycles. The predicted octanol–water partition coefficient (Wildman–Crippen LogP) is 1.18. The maximum atomic E-state index is 9.25. The summed E-state index contributed by atoms with van der Waals surface area (Å²) < 4.78 is 0. The van der Waals surface area contributed by atoms with Crippen LogP contribution < -0.4 is 0 Å². The first kappa shape index (κ1) is 12.3. The van der Waals surface area contributed by atoms with E-state index in [2.05, 4.69) is 16.7 Å². The van der Waals surface area contributed by atoms with E-state index in [-0.39, 0.29) is 0 Å². The first-order chi connectivity index (χ1) is 7.79. The molecule has 2 heterocycles. The van der Waals surface area contributed by atoms with Crippen LogP contribution in [-0.2, 0) is 0 Å². The molecular weight excluding hydrogens is 200 g/mol. The number of aliphatic hydroxyl groups excluding tert-OH is 1. The first-order valence-corrected chi connectivity index (χ1v) is 6.87. The van der Waals surface area contributed by atoms with Crippen molar-refractivity contribution in [3.63, 3.8) is 0 Å². The van der Waals surface area contributed by atoms with Gasteiger partial charge in [-0.15, -0.1) is 0 Å². The maximum absolute atomic E-state index is 9.25. The van der Waals surface area contributed by atoms with Crippen molar-refractivity contribution in [2.24, 2.45) is 5.92 Å². The van der Waals surface area contributed by atoms with Crippen LogP contribution in [0.15, 0.2) is 0 Å². The van der Waals surface area contributed by atoms with Crippen molar-refractivity contribution in [2.75, 3.05) is 39.3 Å². The van der Waals surface area contributed by atoms with Crippen LogP contribution >= 0.6 is 0 Å². The molecule has 0 aromatic carbocycles. The van der Waals surface area contributed by atoms with Gasteiger partial charge in [-0.05, 0) is 51.2 Å². The number of aliphatic hydroxyl groups is 1. The smallest absolute Gasteiger partial charge is 0.0586 e. The van der Waals surface area contributed by atoms with E-state index in [1.807, 2.05) is 0 Å². The van der Waals surface area contributed by atoms with Gasteiger partial charge in [0.25, 0.3) is 0 Å². The molecule has 3 heteroatoms. The second-order valence-electron chi connectivity index (χ2n) is 5.54. The van der Waals surface area contributed by atoms with Gasteiger partial charge in [-0.1, -0.05) is 6.92 Å². The van der Waals surface area contributed by atoms with Crippen LogP contribution in [0.1, 0.15) is 32.6 Å². The maximum Gasteiger partial charge on any atom is 0.0586 e. The highest BCUT2D eigenvalue weighted by atomic mass is 16.3. The van der Waals surface area contributed by atoms with Gasteiger partial charge in [0.15, 0.2) is 0 Å². The van der Waals surface area contributed by atoms with Gasteiger partial charge >= 0.3 is 0 Å². The van der Waals surface area contributed by atoms with E-state index in [0.29, 0.717) is 12.6 Å². The van der Waals surface area contributed by atoms with Gasteiger partial charge in [0.2, 0.25) is 0 Å².